The number of nitrogens with one attached hydrogen (secondary N) is 2. The zero-order valence-corrected chi connectivity index (χ0v) is 17.8. The van der Waals surface area contributed by atoms with Crippen LogP contribution in [0.1, 0.15) is 17.5 Å². The van der Waals surface area contributed by atoms with Crippen LogP contribution < -0.4 is 16.4 Å². The monoisotopic (exact) mass is 449 g/mol. The zero-order chi connectivity index (χ0) is 21.8. The molecular weight excluding hydrogens is 422 g/mol. The van der Waals surface area contributed by atoms with Crippen LogP contribution in [0.4, 0.5) is 4.79 Å². The van der Waals surface area contributed by atoms with Crippen molar-refractivity contribution in [1.29, 1.82) is 0 Å². The fourth-order valence-electron chi connectivity index (χ4n) is 2.79. The van der Waals surface area contributed by atoms with Crippen molar-refractivity contribution in [2.45, 2.75) is 31.5 Å². The number of aryl methyl sites for hydroxylation is 1. The number of nitrogens with two attached hydrogens (primary N) is 1. The number of Topliss-reactive ketones (excluding diaryl/α,β-unsaturated/α-hetero) is 1. The SMILES string of the molecule is Cl.NCC(NC(=O)OCc1ccccc1)C(=O)NC(CCc1ccccc1)C(=O)CO. The highest BCUT2D eigenvalue weighted by Gasteiger charge is 2.25. The normalized spacial score (nSPS) is 12.1. The molecule has 9 heteroatoms. The van der Waals surface area contributed by atoms with Gasteiger partial charge in [0.2, 0.25) is 5.91 Å². The summed E-state index contributed by atoms with van der Waals surface area (Å²) >= 11 is 0. The summed E-state index contributed by atoms with van der Waals surface area (Å²) in [6, 6.07) is 16.6. The van der Waals surface area contributed by atoms with Crippen LogP contribution in [0.25, 0.3) is 0 Å². The number of aliphatic hydroxyl groups excluding tert-OH is 1. The molecule has 0 saturated carbocycles. The van der Waals surface area contributed by atoms with Crippen LogP contribution in [-0.2, 0) is 27.4 Å². The lowest BCUT2D eigenvalue weighted by Crippen LogP contribution is -2.54. The third-order valence-electron chi connectivity index (χ3n) is 4.48. The van der Waals surface area contributed by atoms with E-state index in [9.17, 15) is 19.5 Å². The Morgan fingerprint density at radius 2 is 1.48 bits per heavy atom. The molecule has 0 heterocycles. The molecule has 2 aromatic carbocycles. The van der Waals surface area contributed by atoms with E-state index in [-0.39, 0.29) is 25.6 Å². The van der Waals surface area contributed by atoms with Crippen molar-refractivity contribution in [3.63, 3.8) is 0 Å². The number of rotatable bonds is 11. The molecule has 2 unspecified atom stereocenters. The number of hydrogen-bond acceptors (Lipinski definition) is 6. The molecule has 0 aromatic heterocycles. The molecule has 2 aromatic rings. The van der Waals surface area contributed by atoms with E-state index < -0.39 is 36.5 Å². The molecule has 2 atom stereocenters. The van der Waals surface area contributed by atoms with Gasteiger partial charge in [0.1, 0.15) is 19.3 Å². The minimum absolute atomic E-state index is 0. The van der Waals surface area contributed by atoms with E-state index >= 15 is 0 Å². The zero-order valence-electron chi connectivity index (χ0n) is 17.0. The summed E-state index contributed by atoms with van der Waals surface area (Å²) in [5, 5.41) is 14.2. The van der Waals surface area contributed by atoms with Gasteiger partial charge >= 0.3 is 6.09 Å². The highest BCUT2D eigenvalue weighted by molar-refractivity contribution is 5.92. The van der Waals surface area contributed by atoms with Crippen LogP contribution in [0.5, 0.6) is 0 Å². The van der Waals surface area contributed by atoms with Gasteiger partial charge in [0.05, 0.1) is 6.04 Å². The first-order valence-corrected chi connectivity index (χ1v) is 9.68. The molecule has 5 N–H and O–H groups in total. The average Bonchev–Trinajstić information content (AvgIpc) is 2.79. The minimum Gasteiger partial charge on any atom is -0.445 e. The Balaban J connectivity index is 0.00000480. The van der Waals surface area contributed by atoms with E-state index in [1.807, 2.05) is 48.5 Å². The maximum absolute atomic E-state index is 12.5. The first-order chi connectivity index (χ1) is 14.5. The number of ether oxygens (including phenoxy) is 1. The number of halogens is 1. The summed E-state index contributed by atoms with van der Waals surface area (Å²) in [7, 11) is 0. The van der Waals surface area contributed by atoms with Gasteiger partial charge in [-0.3, -0.25) is 9.59 Å². The molecule has 0 aliphatic heterocycles. The van der Waals surface area contributed by atoms with E-state index in [2.05, 4.69) is 10.6 Å². The van der Waals surface area contributed by atoms with Gasteiger partial charge in [-0.1, -0.05) is 60.7 Å². The summed E-state index contributed by atoms with van der Waals surface area (Å²) in [5.41, 5.74) is 7.42. The lowest BCUT2D eigenvalue weighted by Gasteiger charge is -2.21. The molecule has 8 nitrogen and oxygen atoms in total. The fourth-order valence-corrected chi connectivity index (χ4v) is 2.79. The molecule has 0 spiro atoms. The third kappa shape index (κ3) is 9.17. The molecule has 2 amide bonds. The number of aliphatic hydroxyl groups is 1. The quantitative estimate of drug-likeness (QED) is 0.409. The number of hydrogen-bond donors (Lipinski definition) is 4. The molecular formula is C22H28ClN3O5. The number of amides is 2. The van der Waals surface area contributed by atoms with Gasteiger partial charge in [0.15, 0.2) is 5.78 Å². The highest BCUT2D eigenvalue weighted by Crippen LogP contribution is 2.06. The van der Waals surface area contributed by atoms with E-state index in [1.165, 1.54) is 0 Å². The molecule has 31 heavy (non-hydrogen) atoms. The van der Waals surface area contributed by atoms with Gasteiger partial charge in [-0.15, -0.1) is 12.4 Å². The predicted octanol–water partition coefficient (Wildman–Crippen LogP) is 1.34. The number of carbonyl (C=O) groups excluding carboxylic acids is 3. The van der Waals surface area contributed by atoms with Crippen molar-refractivity contribution in [3.8, 4) is 0 Å². The first-order valence-electron chi connectivity index (χ1n) is 9.68. The van der Waals surface area contributed by atoms with Crippen LogP contribution in [0, 0.1) is 0 Å². The molecule has 0 fully saturated rings. The van der Waals surface area contributed by atoms with E-state index in [0.29, 0.717) is 12.8 Å². The van der Waals surface area contributed by atoms with Crippen molar-refractivity contribution >= 4 is 30.2 Å². The second-order valence-electron chi connectivity index (χ2n) is 6.70. The third-order valence-corrected chi connectivity index (χ3v) is 4.48. The van der Waals surface area contributed by atoms with Crippen molar-refractivity contribution in [3.05, 3.63) is 71.8 Å². The van der Waals surface area contributed by atoms with Crippen LogP contribution in [0.3, 0.4) is 0 Å². The summed E-state index contributed by atoms with van der Waals surface area (Å²) in [5.74, 6) is -1.13. The largest absolute Gasteiger partial charge is 0.445 e. The summed E-state index contributed by atoms with van der Waals surface area (Å²) in [6.45, 7) is -0.821. The van der Waals surface area contributed by atoms with Gasteiger partial charge in [0.25, 0.3) is 0 Å². The second kappa shape index (κ2) is 14.1. The van der Waals surface area contributed by atoms with Gasteiger partial charge in [-0.2, -0.15) is 0 Å². The summed E-state index contributed by atoms with van der Waals surface area (Å²) < 4.78 is 5.10. The smallest absolute Gasteiger partial charge is 0.408 e. The summed E-state index contributed by atoms with van der Waals surface area (Å²) in [6.07, 6.45) is 0.0567. The van der Waals surface area contributed by atoms with Crippen molar-refractivity contribution in [2.24, 2.45) is 5.73 Å². The van der Waals surface area contributed by atoms with E-state index in [4.69, 9.17) is 10.5 Å². The van der Waals surface area contributed by atoms with Crippen LogP contribution in [0.2, 0.25) is 0 Å². The number of ketones is 1. The molecule has 0 radical (unpaired) electrons. The van der Waals surface area contributed by atoms with Gasteiger partial charge in [0, 0.05) is 6.54 Å². The number of benzene rings is 2. The lowest BCUT2D eigenvalue weighted by molar-refractivity contribution is -0.130. The van der Waals surface area contributed by atoms with Gasteiger partial charge in [-0.25, -0.2) is 4.79 Å². The van der Waals surface area contributed by atoms with E-state index in [1.54, 1.807) is 12.1 Å². The Bertz CT molecular complexity index is 820. The summed E-state index contributed by atoms with van der Waals surface area (Å²) in [4.78, 5) is 36.6. The highest BCUT2D eigenvalue weighted by atomic mass is 35.5. The maximum atomic E-state index is 12.5. The Hall–Kier alpha value is -2.94. The molecule has 0 aliphatic carbocycles. The van der Waals surface area contributed by atoms with Crippen LogP contribution in [0.15, 0.2) is 60.7 Å². The van der Waals surface area contributed by atoms with Crippen molar-refractivity contribution < 1.29 is 24.2 Å². The lowest BCUT2D eigenvalue weighted by atomic mass is 10.0. The Kier molecular flexibility index (Phi) is 11.9. The number of carbonyl (C=O) groups is 3. The Morgan fingerprint density at radius 3 is 2.03 bits per heavy atom. The molecule has 0 saturated heterocycles. The molecule has 2 rings (SSSR count). The van der Waals surface area contributed by atoms with Gasteiger partial charge in [-0.05, 0) is 24.0 Å². The molecule has 0 aliphatic rings. The Morgan fingerprint density at radius 1 is 0.903 bits per heavy atom. The predicted molar refractivity (Wildman–Crippen MR) is 119 cm³/mol. The Labute approximate surface area is 187 Å². The van der Waals surface area contributed by atoms with Crippen LogP contribution >= 0.6 is 12.4 Å². The maximum Gasteiger partial charge on any atom is 0.408 e. The second-order valence-corrected chi connectivity index (χ2v) is 6.70. The van der Waals surface area contributed by atoms with Crippen molar-refractivity contribution in [1.82, 2.24) is 10.6 Å². The van der Waals surface area contributed by atoms with Crippen molar-refractivity contribution in [2.75, 3.05) is 13.2 Å². The fraction of sp³-hybridized carbons (Fsp3) is 0.318. The molecule has 0 bridgehead atoms. The topological polar surface area (TPSA) is 131 Å². The molecule has 168 valence electrons. The average molecular weight is 450 g/mol. The standard InChI is InChI=1S/C22H27N3O5.ClH/c23-13-19(25-22(29)30-15-17-9-5-2-6-10-17)21(28)24-18(20(27)14-26)12-11-16-7-3-1-4-8-16;/h1-10,18-19,26H,11-15,23H2,(H,24,28)(H,25,29);1H. The minimum atomic E-state index is -1.07. The van der Waals surface area contributed by atoms with Crippen LogP contribution in [-0.4, -0.2) is 48.1 Å². The number of alkyl carbamates (subject to hydrolysis) is 1. The first kappa shape index (κ1) is 26.1. The van der Waals surface area contributed by atoms with E-state index in [0.717, 1.165) is 11.1 Å². The van der Waals surface area contributed by atoms with Gasteiger partial charge < -0.3 is 26.2 Å².